The Labute approximate surface area is 186 Å². The van der Waals surface area contributed by atoms with Crippen molar-refractivity contribution >= 4 is 39.3 Å². The van der Waals surface area contributed by atoms with Gasteiger partial charge in [-0.2, -0.15) is 4.31 Å². The maximum Gasteiger partial charge on any atom is 0.331 e. The van der Waals surface area contributed by atoms with Crippen molar-refractivity contribution in [1.29, 1.82) is 0 Å². The highest BCUT2D eigenvalue weighted by atomic mass is 32.2. The molecular formula is C22H26N2O5S2. The van der Waals surface area contributed by atoms with Gasteiger partial charge in [-0.3, -0.25) is 4.79 Å². The maximum atomic E-state index is 12.8. The average Bonchev–Trinajstić information content (AvgIpc) is 3.14. The highest BCUT2D eigenvalue weighted by Crippen LogP contribution is 2.21. The average molecular weight is 463 g/mol. The predicted octanol–water partition coefficient (Wildman–Crippen LogP) is 3.19. The normalized spacial score (nSPS) is 15.5. The van der Waals surface area contributed by atoms with Crippen molar-refractivity contribution in [2.45, 2.75) is 37.1 Å². The molecule has 0 aliphatic carbocycles. The third-order valence-corrected chi connectivity index (χ3v) is 7.67. The fourth-order valence-electron chi connectivity index (χ4n) is 3.18. The summed E-state index contributed by atoms with van der Waals surface area (Å²) >= 11 is 1.53. The lowest BCUT2D eigenvalue weighted by Gasteiger charge is -2.19. The second kappa shape index (κ2) is 11.2. The lowest BCUT2D eigenvalue weighted by Crippen LogP contribution is -2.31. The Morgan fingerprint density at radius 3 is 2.42 bits per heavy atom. The number of sulfonamides is 1. The van der Waals surface area contributed by atoms with Gasteiger partial charge in [-0.1, -0.05) is 31.0 Å². The first-order valence-corrected chi connectivity index (χ1v) is 12.5. The summed E-state index contributed by atoms with van der Waals surface area (Å²) in [5.74, 6) is -1.02. The van der Waals surface area contributed by atoms with Gasteiger partial charge in [0, 0.05) is 24.0 Å². The van der Waals surface area contributed by atoms with Gasteiger partial charge in [-0.05, 0) is 48.1 Å². The lowest BCUT2D eigenvalue weighted by atomic mass is 10.2. The molecule has 1 aromatic carbocycles. The van der Waals surface area contributed by atoms with Crippen molar-refractivity contribution in [2.75, 3.05) is 19.7 Å². The summed E-state index contributed by atoms with van der Waals surface area (Å²) in [4.78, 5) is 24.8. The summed E-state index contributed by atoms with van der Waals surface area (Å²) in [7, 11) is -3.50. The molecule has 1 saturated heterocycles. The Morgan fingerprint density at radius 1 is 1.06 bits per heavy atom. The summed E-state index contributed by atoms with van der Waals surface area (Å²) in [6.07, 6.45) is 6.62. The number of nitrogens with one attached hydrogen (secondary N) is 1. The predicted molar refractivity (Wildman–Crippen MR) is 120 cm³/mol. The van der Waals surface area contributed by atoms with E-state index in [1.165, 1.54) is 23.5 Å². The molecule has 0 bridgehead atoms. The molecule has 1 aromatic heterocycles. The molecule has 1 N–H and O–H groups in total. The zero-order chi connectivity index (χ0) is 22.1. The smallest absolute Gasteiger partial charge is 0.331 e. The van der Waals surface area contributed by atoms with E-state index in [-0.39, 0.29) is 17.4 Å². The van der Waals surface area contributed by atoms with Crippen LogP contribution in [0.5, 0.6) is 0 Å². The van der Waals surface area contributed by atoms with Crippen LogP contribution in [0.3, 0.4) is 0 Å². The molecule has 0 unspecified atom stereocenters. The monoisotopic (exact) mass is 462 g/mol. The van der Waals surface area contributed by atoms with E-state index in [0.717, 1.165) is 30.6 Å². The minimum Gasteiger partial charge on any atom is -0.452 e. The molecule has 1 aliphatic heterocycles. The van der Waals surface area contributed by atoms with Gasteiger partial charge in [-0.25, -0.2) is 13.2 Å². The molecule has 1 fully saturated rings. The number of rotatable bonds is 8. The van der Waals surface area contributed by atoms with Gasteiger partial charge in [0.05, 0.1) is 11.4 Å². The van der Waals surface area contributed by atoms with Crippen LogP contribution in [-0.4, -0.2) is 44.3 Å². The fraction of sp³-hybridized carbons (Fsp3) is 0.364. The molecule has 1 aliphatic rings. The van der Waals surface area contributed by atoms with Crippen LogP contribution in [0.4, 0.5) is 0 Å². The molecule has 0 saturated carbocycles. The maximum absolute atomic E-state index is 12.8. The SMILES string of the molecule is O=C(COC(=O)/C=C/c1ccc(S(=O)(=O)N2CCCCCC2)cc1)NCc1cccs1. The molecule has 9 heteroatoms. The highest BCUT2D eigenvalue weighted by molar-refractivity contribution is 7.89. The lowest BCUT2D eigenvalue weighted by molar-refractivity contribution is -0.143. The van der Waals surface area contributed by atoms with Gasteiger partial charge < -0.3 is 10.1 Å². The van der Waals surface area contributed by atoms with Gasteiger partial charge in [0.2, 0.25) is 10.0 Å². The molecule has 0 atom stereocenters. The van der Waals surface area contributed by atoms with Gasteiger partial charge in [0.25, 0.3) is 5.91 Å². The molecule has 166 valence electrons. The molecule has 1 amide bonds. The number of nitrogens with zero attached hydrogens (tertiary/aromatic N) is 1. The van der Waals surface area contributed by atoms with E-state index in [0.29, 0.717) is 25.2 Å². The van der Waals surface area contributed by atoms with E-state index in [2.05, 4.69) is 5.32 Å². The van der Waals surface area contributed by atoms with E-state index in [1.54, 1.807) is 28.6 Å². The first-order chi connectivity index (χ1) is 14.9. The van der Waals surface area contributed by atoms with Gasteiger partial charge in [0.1, 0.15) is 0 Å². The van der Waals surface area contributed by atoms with Crippen LogP contribution in [0, 0.1) is 0 Å². The number of thiophene rings is 1. The Hall–Kier alpha value is -2.49. The standard InChI is InChI=1S/C22H26N2O5S2/c25-21(23-16-19-6-5-15-30-19)17-29-22(26)12-9-18-7-10-20(11-8-18)31(27,28)24-13-3-1-2-4-14-24/h5-12,15H,1-4,13-14,16-17H2,(H,23,25)/b12-9+. The summed E-state index contributed by atoms with van der Waals surface area (Å²) in [5, 5.41) is 4.59. The molecular weight excluding hydrogens is 436 g/mol. The number of hydrogen-bond donors (Lipinski definition) is 1. The second-order valence-electron chi connectivity index (χ2n) is 7.18. The Morgan fingerprint density at radius 2 is 1.77 bits per heavy atom. The van der Waals surface area contributed by atoms with Crippen LogP contribution in [0.15, 0.2) is 52.7 Å². The van der Waals surface area contributed by atoms with E-state index < -0.39 is 16.0 Å². The van der Waals surface area contributed by atoms with Gasteiger partial charge >= 0.3 is 5.97 Å². The number of carbonyl (C=O) groups excluding carboxylic acids is 2. The topological polar surface area (TPSA) is 92.8 Å². The zero-order valence-corrected chi connectivity index (χ0v) is 18.8. The van der Waals surface area contributed by atoms with Crippen molar-refractivity contribution in [3.63, 3.8) is 0 Å². The zero-order valence-electron chi connectivity index (χ0n) is 17.2. The first-order valence-electron chi connectivity index (χ1n) is 10.2. The number of ether oxygens (including phenoxy) is 1. The van der Waals surface area contributed by atoms with Gasteiger partial charge in [-0.15, -0.1) is 11.3 Å². The van der Waals surface area contributed by atoms with Crippen LogP contribution in [0.2, 0.25) is 0 Å². The van der Waals surface area contributed by atoms with E-state index in [1.807, 2.05) is 17.5 Å². The molecule has 0 spiro atoms. The quantitative estimate of drug-likeness (QED) is 0.480. The minimum absolute atomic E-state index is 0.247. The third-order valence-electron chi connectivity index (χ3n) is 4.88. The van der Waals surface area contributed by atoms with Crippen LogP contribution < -0.4 is 5.32 Å². The fourth-order valence-corrected chi connectivity index (χ4v) is 5.34. The third kappa shape index (κ3) is 7.02. The number of amides is 1. The van der Waals surface area contributed by atoms with E-state index >= 15 is 0 Å². The highest BCUT2D eigenvalue weighted by Gasteiger charge is 2.24. The number of hydrogen-bond acceptors (Lipinski definition) is 6. The van der Waals surface area contributed by atoms with Crippen LogP contribution in [0.25, 0.3) is 6.08 Å². The van der Waals surface area contributed by atoms with E-state index in [4.69, 9.17) is 4.74 Å². The Bertz CT molecular complexity index is 991. The summed E-state index contributed by atoms with van der Waals surface area (Å²) in [6.45, 7) is 1.14. The number of benzene rings is 1. The molecule has 3 rings (SSSR count). The Kier molecular flexibility index (Phi) is 8.39. The molecule has 0 radical (unpaired) electrons. The molecule has 31 heavy (non-hydrogen) atoms. The summed E-state index contributed by atoms with van der Waals surface area (Å²) < 4.78 is 32.1. The largest absolute Gasteiger partial charge is 0.452 e. The van der Waals surface area contributed by atoms with E-state index in [9.17, 15) is 18.0 Å². The van der Waals surface area contributed by atoms with Crippen molar-refractivity contribution in [1.82, 2.24) is 9.62 Å². The van der Waals surface area contributed by atoms with Crippen molar-refractivity contribution < 1.29 is 22.7 Å². The minimum atomic E-state index is -3.50. The van der Waals surface area contributed by atoms with Crippen molar-refractivity contribution in [3.05, 3.63) is 58.3 Å². The number of carbonyl (C=O) groups is 2. The summed E-state index contributed by atoms with van der Waals surface area (Å²) in [5.41, 5.74) is 0.661. The molecule has 2 heterocycles. The van der Waals surface area contributed by atoms with Crippen LogP contribution in [0.1, 0.15) is 36.1 Å². The summed E-state index contributed by atoms with van der Waals surface area (Å²) in [6, 6.07) is 10.2. The van der Waals surface area contributed by atoms with Gasteiger partial charge in [0.15, 0.2) is 6.61 Å². The van der Waals surface area contributed by atoms with Crippen molar-refractivity contribution in [2.24, 2.45) is 0 Å². The van der Waals surface area contributed by atoms with Crippen molar-refractivity contribution in [3.8, 4) is 0 Å². The van der Waals surface area contributed by atoms with Crippen LogP contribution >= 0.6 is 11.3 Å². The molecule has 2 aromatic rings. The van der Waals surface area contributed by atoms with Crippen LogP contribution in [-0.2, 0) is 30.9 Å². The Balaban J connectivity index is 1.48. The first kappa shape index (κ1) is 23.2. The second-order valence-corrected chi connectivity index (χ2v) is 10.2. The molecule has 7 nitrogen and oxygen atoms in total. The number of esters is 1.